The number of fused-ring (bicyclic) bond motifs is 6. The van der Waals surface area contributed by atoms with Crippen LogP contribution >= 0.6 is 0 Å². The summed E-state index contributed by atoms with van der Waals surface area (Å²) in [5.41, 5.74) is 14.0. The molecule has 0 aliphatic heterocycles. The quantitative estimate of drug-likeness (QED) is 0.165. The number of para-hydroxylation sites is 1. The summed E-state index contributed by atoms with van der Waals surface area (Å²) in [6, 6.07) is 39.1. The largest absolute Gasteiger partial charge is 0.333 e. The molecule has 0 bridgehead atoms. The highest BCUT2D eigenvalue weighted by molar-refractivity contribution is 6.12. The van der Waals surface area contributed by atoms with Crippen LogP contribution in [-0.2, 0) is 0 Å². The van der Waals surface area contributed by atoms with Gasteiger partial charge in [-0.05, 0) is 115 Å². The predicted octanol–water partition coefficient (Wildman–Crippen LogP) is 13.8. The van der Waals surface area contributed by atoms with Crippen LogP contribution in [0.2, 0.25) is 0 Å². The first-order valence-electron chi connectivity index (χ1n) is 19.1. The minimum absolute atomic E-state index is 0.348. The van der Waals surface area contributed by atoms with E-state index in [0.29, 0.717) is 12.0 Å². The van der Waals surface area contributed by atoms with Gasteiger partial charge in [0.25, 0.3) is 0 Å². The van der Waals surface area contributed by atoms with E-state index >= 15 is 0 Å². The maximum atomic E-state index is 2.51. The van der Waals surface area contributed by atoms with Gasteiger partial charge in [0.1, 0.15) is 0 Å². The van der Waals surface area contributed by atoms with Gasteiger partial charge in [0.05, 0.1) is 17.1 Å². The van der Waals surface area contributed by atoms with Gasteiger partial charge in [-0.2, -0.15) is 0 Å². The molecule has 0 fully saturated rings. The van der Waals surface area contributed by atoms with Crippen molar-refractivity contribution in [2.75, 3.05) is 0 Å². The Bertz CT molecular complexity index is 2780. The van der Waals surface area contributed by atoms with Crippen molar-refractivity contribution in [2.45, 2.75) is 38.6 Å². The minimum atomic E-state index is 0.348. The van der Waals surface area contributed by atoms with Gasteiger partial charge in [-0.3, -0.25) is 0 Å². The lowest BCUT2D eigenvalue weighted by Gasteiger charge is -2.18. The number of nitrogens with zero attached hydrogens (tertiary/aromatic N) is 2. The van der Waals surface area contributed by atoms with Crippen LogP contribution in [0.1, 0.15) is 48.4 Å². The Morgan fingerprint density at radius 2 is 1.34 bits per heavy atom. The molecule has 2 heteroatoms. The van der Waals surface area contributed by atoms with E-state index in [1.165, 1.54) is 82.7 Å². The lowest BCUT2D eigenvalue weighted by molar-refractivity contribution is 0.648. The van der Waals surface area contributed by atoms with Crippen molar-refractivity contribution in [3.63, 3.8) is 0 Å². The van der Waals surface area contributed by atoms with Crippen molar-refractivity contribution in [1.82, 2.24) is 9.13 Å². The topological polar surface area (TPSA) is 9.86 Å². The summed E-state index contributed by atoms with van der Waals surface area (Å²) in [5, 5.41) is 5.28. The molecule has 256 valence electrons. The fourth-order valence-corrected chi connectivity index (χ4v) is 8.67. The summed E-state index contributed by atoms with van der Waals surface area (Å²) in [6.07, 6.45) is 31.8. The Morgan fingerprint density at radius 1 is 0.585 bits per heavy atom. The lowest BCUT2D eigenvalue weighted by atomic mass is 9.91. The molecule has 2 nitrogen and oxygen atoms in total. The van der Waals surface area contributed by atoms with Gasteiger partial charge in [0.15, 0.2) is 0 Å². The molecule has 2 atom stereocenters. The molecule has 3 aliphatic carbocycles. The molecule has 0 saturated heterocycles. The van der Waals surface area contributed by atoms with Crippen LogP contribution in [0.5, 0.6) is 0 Å². The fraction of sp³-hybridized carbons (Fsp3) is 0.137. The third kappa shape index (κ3) is 5.66. The molecular weight excluding hydrogens is 641 g/mol. The van der Waals surface area contributed by atoms with E-state index in [-0.39, 0.29) is 0 Å². The second-order valence-electron chi connectivity index (χ2n) is 14.8. The van der Waals surface area contributed by atoms with Gasteiger partial charge in [0, 0.05) is 38.3 Å². The van der Waals surface area contributed by atoms with Gasteiger partial charge >= 0.3 is 0 Å². The SMILES string of the molecule is Cc1ccc2c(c1)c1cc(-c3ccc(/C=C/C4C=CC(c5ccc6c(c5)c5ccccc5n6C5C=CC=CC5)=CC4)cc3)ccc1n2C1=CCCC=C1. The van der Waals surface area contributed by atoms with E-state index in [4.69, 9.17) is 0 Å². The third-order valence-corrected chi connectivity index (χ3v) is 11.4. The molecule has 10 rings (SSSR count). The maximum absolute atomic E-state index is 2.51. The van der Waals surface area contributed by atoms with Crippen LogP contribution in [0.4, 0.5) is 0 Å². The van der Waals surface area contributed by atoms with Crippen molar-refractivity contribution in [1.29, 1.82) is 0 Å². The monoisotopic (exact) mass is 682 g/mol. The Balaban J connectivity index is 0.871. The van der Waals surface area contributed by atoms with Crippen molar-refractivity contribution >= 4 is 61.0 Å². The third-order valence-electron chi connectivity index (χ3n) is 11.4. The summed E-state index contributed by atoms with van der Waals surface area (Å²) in [4.78, 5) is 0. The first-order valence-corrected chi connectivity index (χ1v) is 19.1. The molecule has 2 heterocycles. The Kier molecular flexibility index (Phi) is 7.83. The zero-order valence-corrected chi connectivity index (χ0v) is 30.1. The average Bonchev–Trinajstić information content (AvgIpc) is 3.73. The molecule has 0 amide bonds. The predicted molar refractivity (Wildman–Crippen MR) is 228 cm³/mol. The molecule has 3 aliphatic rings. The zero-order chi connectivity index (χ0) is 35.3. The minimum Gasteiger partial charge on any atom is -0.333 e. The Hall–Kier alpha value is -6.12. The Labute approximate surface area is 311 Å². The van der Waals surface area contributed by atoms with Crippen molar-refractivity contribution in [3.8, 4) is 11.1 Å². The van der Waals surface area contributed by atoms with Crippen molar-refractivity contribution in [3.05, 3.63) is 187 Å². The number of aromatic nitrogens is 2. The van der Waals surface area contributed by atoms with E-state index in [2.05, 4.69) is 192 Å². The lowest BCUT2D eigenvalue weighted by Crippen LogP contribution is -2.06. The van der Waals surface area contributed by atoms with Gasteiger partial charge in [-0.15, -0.1) is 0 Å². The second kappa shape index (κ2) is 13.1. The Morgan fingerprint density at radius 3 is 2.15 bits per heavy atom. The van der Waals surface area contributed by atoms with Crippen molar-refractivity contribution < 1.29 is 0 Å². The standard InChI is InChI=1S/C51H42N2/c1-35-16-29-49-45(32-35)47-34-41(28-31-51(47)53(49)43-12-6-3-7-13-43)39-25-21-37(22-26-39)18-17-36-19-23-38(24-20-36)40-27-30-50-46(33-40)44-14-8-9-15-48(44)52(50)42-10-4-2-5-11-42/h2,4-6,8-10,12-19,21-34,36,42H,3,7,11,20H2,1H3/b18-17+. The number of aryl methyl sites for hydroxylation is 1. The van der Waals surface area contributed by atoms with Crippen LogP contribution in [0.25, 0.3) is 72.1 Å². The highest BCUT2D eigenvalue weighted by atomic mass is 15.0. The highest BCUT2D eigenvalue weighted by Crippen LogP contribution is 2.38. The van der Waals surface area contributed by atoms with Crippen molar-refractivity contribution in [2.24, 2.45) is 5.92 Å². The van der Waals surface area contributed by atoms with Gasteiger partial charge in [0.2, 0.25) is 0 Å². The molecule has 53 heavy (non-hydrogen) atoms. The van der Waals surface area contributed by atoms with Gasteiger partial charge < -0.3 is 9.13 Å². The summed E-state index contributed by atoms with van der Waals surface area (Å²) < 4.78 is 4.95. The zero-order valence-electron chi connectivity index (χ0n) is 30.1. The van der Waals surface area contributed by atoms with Crippen LogP contribution in [-0.4, -0.2) is 9.13 Å². The van der Waals surface area contributed by atoms with E-state index in [1.54, 1.807) is 0 Å². The molecule has 7 aromatic rings. The molecule has 5 aromatic carbocycles. The summed E-state index contributed by atoms with van der Waals surface area (Å²) in [5.74, 6) is 0.382. The number of rotatable bonds is 6. The second-order valence-corrected chi connectivity index (χ2v) is 14.8. The molecule has 2 unspecified atom stereocenters. The maximum Gasteiger partial charge on any atom is 0.0560 e. The molecule has 0 spiro atoms. The summed E-state index contributed by atoms with van der Waals surface area (Å²) >= 11 is 0. The van der Waals surface area contributed by atoms with Crippen LogP contribution < -0.4 is 0 Å². The van der Waals surface area contributed by atoms with E-state index in [9.17, 15) is 0 Å². The fourth-order valence-electron chi connectivity index (χ4n) is 8.67. The normalized spacial score (nSPS) is 18.6. The number of benzene rings is 5. The molecule has 0 radical (unpaired) electrons. The van der Waals surface area contributed by atoms with Gasteiger partial charge in [-0.1, -0.05) is 133 Å². The smallest absolute Gasteiger partial charge is 0.0560 e. The summed E-state index contributed by atoms with van der Waals surface area (Å²) in [6.45, 7) is 2.19. The number of hydrogen-bond donors (Lipinski definition) is 0. The van der Waals surface area contributed by atoms with E-state index < -0.39 is 0 Å². The molecule has 0 saturated carbocycles. The number of allylic oxidation sites excluding steroid dienone is 13. The van der Waals surface area contributed by atoms with E-state index in [1.807, 2.05) is 0 Å². The van der Waals surface area contributed by atoms with Crippen LogP contribution in [0.15, 0.2) is 170 Å². The first-order chi connectivity index (χ1) is 26.2. The number of hydrogen-bond acceptors (Lipinski definition) is 0. The van der Waals surface area contributed by atoms with Gasteiger partial charge in [-0.25, -0.2) is 0 Å². The van der Waals surface area contributed by atoms with E-state index in [0.717, 1.165) is 25.7 Å². The molecular formula is C51H42N2. The highest BCUT2D eigenvalue weighted by Gasteiger charge is 2.18. The average molecular weight is 683 g/mol. The first kappa shape index (κ1) is 31.6. The van der Waals surface area contributed by atoms with Crippen LogP contribution in [0, 0.1) is 12.8 Å². The van der Waals surface area contributed by atoms with Crippen LogP contribution in [0.3, 0.4) is 0 Å². The molecule has 0 N–H and O–H groups in total. The molecule has 2 aromatic heterocycles. The summed E-state index contributed by atoms with van der Waals surface area (Å²) in [7, 11) is 0.